The Labute approximate surface area is 124 Å². The molecule has 0 spiro atoms. The quantitative estimate of drug-likeness (QED) is 0.902. The van der Waals surface area contributed by atoms with Gasteiger partial charge in [0.2, 0.25) is 0 Å². The summed E-state index contributed by atoms with van der Waals surface area (Å²) >= 11 is 11.5. The SMILES string of the molecule is O=C(Nc1ccc(Cl)c(C(=O)O)c1)c1ccc(Cl)cc1. The summed E-state index contributed by atoms with van der Waals surface area (Å²) in [5, 5.41) is 12.2. The second kappa shape index (κ2) is 5.94. The van der Waals surface area contributed by atoms with Crippen LogP contribution in [0.25, 0.3) is 0 Å². The van der Waals surface area contributed by atoms with Gasteiger partial charge in [-0.05, 0) is 42.5 Å². The number of aromatic carboxylic acids is 1. The molecule has 2 N–H and O–H groups in total. The van der Waals surface area contributed by atoms with Gasteiger partial charge in [0.25, 0.3) is 5.91 Å². The van der Waals surface area contributed by atoms with E-state index >= 15 is 0 Å². The smallest absolute Gasteiger partial charge is 0.337 e. The average molecular weight is 310 g/mol. The molecule has 2 aromatic rings. The Morgan fingerprint density at radius 1 is 1.00 bits per heavy atom. The van der Waals surface area contributed by atoms with E-state index in [1.165, 1.54) is 18.2 Å². The molecular formula is C14H9Cl2NO3. The lowest BCUT2D eigenvalue weighted by molar-refractivity contribution is 0.0696. The Bertz CT molecular complexity index is 669. The van der Waals surface area contributed by atoms with E-state index in [1.54, 1.807) is 24.3 Å². The first kappa shape index (κ1) is 14.4. The van der Waals surface area contributed by atoms with Crippen molar-refractivity contribution in [2.75, 3.05) is 5.32 Å². The van der Waals surface area contributed by atoms with E-state index in [0.717, 1.165) is 0 Å². The molecule has 0 aromatic heterocycles. The van der Waals surface area contributed by atoms with Gasteiger partial charge in [0.15, 0.2) is 0 Å². The lowest BCUT2D eigenvalue weighted by Crippen LogP contribution is -2.12. The lowest BCUT2D eigenvalue weighted by atomic mass is 10.1. The summed E-state index contributed by atoms with van der Waals surface area (Å²) < 4.78 is 0. The number of nitrogens with one attached hydrogen (secondary N) is 1. The third kappa shape index (κ3) is 3.29. The van der Waals surface area contributed by atoms with E-state index < -0.39 is 5.97 Å². The molecule has 0 atom stereocenters. The number of hydrogen-bond donors (Lipinski definition) is 2. The van der Waals surface area contributed by atoms with Crippen LogP contribution in [-0.2, 0) is 0 Å². The predicted molar refractivity (Wildman–Crippen MR) is 77.8 cm³/mol. The Balaban J connectivity index is 2.21. The van der Waals surface area contributed by atoms with Crippen LogP contribution >= 0.6 is 23.2 Å². The van der Waals surface area contributed by atoms with Crippen LogP contribution in [0.5, 0.6) is 0 Å². The Morgan fingerprint density at radius 3 is 2.25 bits per heavy atom. The standard InChI is InChI=1S/C14H9Cl2NO3/c15-9-3-1-8(2-4-9)13(18)17-10-5-6-12(16)11(7-10)14(19)20/h1-7H,(H,17,18)(H,19,20). The number of carbonyl (C=O) groups is 2. The lowest BCUT2D eigenvalue weighted by Gasteiger charge is -2.07. The van der Waals surface area contributed by atoms with Crippen molar-refractivity contribution in [2.24, 2.45) is 0 Å². The molecule has 0 aliphatic heterocycles. The van der Waals surface area contributed by atoms with E-state index in [1.807, 2.05) is 0 Å². The van der Waals surface area contributed by atoms with Gasteiger partial charge in [-0.1, -0.05) is 23.2 Å². The number of carboxylic acid groups (broad SMARTS) is 1. The Morgan fingerprint density at radius 2 is 1.65 bits per heavy atom. The molecule has 6 heteroatoms. The van der Waals surface area contributed by atoms with Gasteiger partial charge < -0.3 is 10.4 Å². The van der Waals surface area contributed by atoms with Crippen molar-refractivity contribution in [1.29, 1.82) is 0 Å². The van der Waals surface area contributed by atoms with Gasteiger partial charge in [0.05, 0.1) is 10.6 Å². The van der Waals surface area contributed by atoms with E-state index in [2.05, 4.69) is 5.32 Å². The van der Waals surface area contributed by atoms with E-state index in [4.69, 9.17) is 28.3 Å². The van der Waals surface area contributed by atoms with Crippen LogP contribution in [0, 0.1) is 0 Å². The third-order valence-electron chi connectivity index (χ3n) is 2.56. The number of amides is 1. The topological polar surface area (TPSA) is 66.4 Å². The number of carbonyl (C=O) groups excluding carboxylic acids is 1. The minimum atomic E-state index is -1.16. The summed E-state index contributed by atoms with van der Waals surface area (Å²) in [5.41, 5.74) is 0.702. The first-order chi connectivity index (χ1) is 9.47. The number of anilines is 1. The maximum absolute atomic E-state index is 12.0. The van der Waals surface area contributed by atoms with Crippen LogP contribution < -0.4 is 5.32 Å². The van der Waals surface area contributed by atoms with Crippen molar-refractivity contribution in [3.05, 3.63) is 63.6 Å². The zero-order chi connectivity index (χ0) is 14.7. The summed E-state index contributed by atoms with van der Waals surface area (Å²) in [7, 11) is 0. The Hall–Kier alpha value is -2.04. The van der Waals surface area contributed by atoms with Crippen molar-refractivity contribution in [2.45, 2.75) is 0 Å². The van der Waals surface area contributed by atoms with Gasteiger partial charge in [0, 0.05) is 16.3 Å². The molecule has 0 fully saturated rings. The molecule has 1 amide bonds. The Kier molecular flexibility index (Phi) is 4.27. The van der Waals surface area contributed by atoms with Crippen LogP contribution in [0.15, 0.2) is 42.5 Å². The molecule has 102 valence electrons. The summed E-state index contributed by atoms with van der Waals surface area (Å²) in [5.74, 6) is -1.52. The van der Waals surface area contributed by atoms with E-state index in [0.29, 0.717) is 16.3 Å². The van der Waals surface area contributed by atoms with Crippen LogP contribution in [0.1, 0.15) is 20.7 Å². The first-order valence-electron chi connectivity index (χ1n) is 5.57. The zero-order valence-electron chi connectivity index (χ0n) is 10.1. The highest BCUT2D eigenvalue weighted by Crippen LogP contribution is 2.21. The fraction of sp³-hybridized carbons (Fsp3) is 0. The number of hydrogen-bond acceptors (Lipinski definition) is 2. The molecule has 20 heavy (non-hydrogen) atoms. The highest BCUT2D eigenvalue weighted by Gasteiger charge is 2.11. The van der Waals surface area contributed by atoms with Crippen LogP contribution in [0.2, 0.25) is 10.0 Å². The number of benzene rings is 2. The number of carboxylic acids is 1. The predicted octanol–water partition coefficient (Wildman–Crippen LogP) is 3.94. The van der Waals surface area contributed by atoms with Crippen molar-refractivity contribution >= 4 is 40.8 Å². The first-order valence-corrected chi connectivity index (χ1v) is 6.33. The number of rotatable bonds is 3. The van der Waals surface area contributed by atoms with Crippen molar-refractivity contribution in [3.8, 4) is 0 Å². The molecule has 0 saturated heterocycles. The second-order valence-corrected chi connectivity index (χ2v) is 4.80. The summed E-state index contributed by atoms with van der Waals surface area (Å²) in [6.45, 7) is 0. The minimum absolute atomic E-state index is 0.0689. The molecule has 0 aliphatic carbocycles. The molecule has 2 rings (SSSR count). The summed E-state index contributed by atoms with van der Waals surface area (Å²) in [4.78, 5) is 22.9. The monoisotopic (exact) mass is 309 g/mol. The van der Waals surface area contributed by atoms with Gasteiger partial charge in [-0.25, -0.2) is 4.79 Å². The van der Waals surface area contributed by atoms with E-state index in [9.17, 15) is 9.59 Å². The highest BCUT2D eigenvalue weighted by atomic mass is 35.5. The molecule has 0 aliphatic rings. The third-order valence-corrected chi connectivity index (χ3v) is 3.14. The molecule has 0 bridgehead atoms. The highest BCUT2D eigenvalue weighted by molar-refractivity contribution is 6.33. The maximum atomic E-state index is 12.0. The van der Waals surface area contributed by atoms with Crippen molar-refractivity contribution < 1.29 is 14.7 Å². The molecule has 0 saturated carbocycles. The molecule has 0 radical (unpaired) electrons. The van der Waals surface area contributed by atoms with Crippen LogP contribution in [0.4, 0.5) is 5.69 Å². The average Bonchev–Trinajstić information content (AvgIpc) is 2.41. The maximum Gasteiger partial charge on any atom is 0.337 e. The second-order valence-electron chi connectivity index (χ2n) is 3.96. The largest absolute Gasteiger partial charge is 0.478 e. The van der Waals surface area contributed by atoms with Crippen molar-refractivity contribution in [3.63, 3.8) is 0 Å². The van der Waals surface area contributed by atoms with Crippen LogP contribution in [0.3, 0.4) is 0 Å². The van der Waals surface area contributed by atoms with Crippen molar-refractivity contribution in [1.82, 2.24) is 0 Å². The van der Waals surface area contributed by atoms with Gasteiger partial charge in [-0.15, -0.1) is 0 Å². The minimum Gasteiger partial charge on any atom is -0.478 e. The zero-order valence-corrected chi connectivity index (χ0v) is 11.6. The molecule has 0 heterocycles. The van der Waals surface area contributed by atoms with Gasteiger partial charge in [0.1, 0.15) is 0 Å². The van der Waals surface area contributed by atoms with Gasteiger partial charge in [-0.2, -0.15) is 0 Å². The van der Waals surface area contributed by atoms with E-state index in [-0.39, 0.29) is 16.5 Å². The molecule has 2 aromatic carbocycles. The summed E-state index contributed by atoms with van der Waals surface area (Å²) in [6, 6.07) is 10.6. The molecule has 0 unspecified atom stereocenters. The fourth-order valence-corrected chi connectivity index (χ4v) is 1.90. The normalized spacial score (nSPS) is 10.1. The molecule has 4 nitrogen and oxygen atoms in total. The van der Waals surface area contributed by atoms with Gasteiger partial charge in [-0.3, -0.25) is 4.79 Å². The van der Waals surface area contributed by atoms with Crippen LogP contribution in [-0.4, -0.2) is 17.0 Å². The summed E-state index contributed by atoms with van der Waals surface area (Å²) in [6.07, 6.45) is 0. The number of halogens is 2. The molecular weight excluding hydrogens is 301 g/mol. The fourth-order valence-electron chi connectivity index (χ4n) is 1.57. The van der Waals surface area contributed by atoms with Gasteiger partial charge >= 0.3 is 5.97 Å².